The standard InChI is InChI=1S/C38H30BrN3O5S/c1-24-15-18-28(38(46)47)22-32(24)41-37(45)34(26-9-4-2-5-10-26)48-31-14-8-13-30(23-31)40-36(44)33(21-25-16-19-29(39)20-17-25)42-35(43)27-11-6-3-7-12-27/h2-23,34H,1H3,(H,40,44)(H,41,45)(H,42,43)(H,46,47)/b33-21+. The quantitative estimate of drug-likeness (QED) is 0.0804. The molecule has 0 saturated carbocycles. The summed E-state index contributed by atoms with van der Waals surface area (Å²) in [4.78, 5) is 52.6. The smallest absolute Gasteiger partial charge is 0.335 e. The van der Waals surface area contributed by atoms with E-state index in [0.717, 1.165) is 15.6 Å². The second kappa shape index (κ2) is 15.9. The number of benzene rings is 5. The fourth-order valence-corrected chi connectivity index (χ4v) is 5.99. The summed E-state index contributed by atoms with van der Waals surface area (Å²) in [6.07, 6.45) is 1.60. The first kappa shape index (κ1) is 33.9. The predicted octanol–water partition coefficient (Wildman–Crippen LogP) is 8.34. The number of anilines is 2. The number of hydrogen-bond acceptors (Lipinski definition) is 5. The van der Waals surface area contributed by atoms with E-state index >= 15 is 0 Å². The molecule has 1 unspecified atom stereocenters. The molecule has 0 aliphatic heterocycles. The Labute approximate surface area is 290 Å². The molecule has 0 radical (unpaired) electrons. The van der Waals surface area contributed by atoms with E-state index in [1.54, 1.807) is 67.6 Å². The molecule has 0 saturated heterocycles. The molecule has 0 aromatic heterocycles. The summed E-state index contributed by atoms with van der Waals surface area (Å²) in [6.45, 7) is 1.79. The van der Waals surface area contributed by atoms with E-state index in [9.17, 15) is 24.3 Å². The van der Waals surface area contributed by atoms with Crippen LogP contribution in [0.2, 0.25) is 0 Å². The molecule has 0 aliphatic rings. The molecule has 0 bridgehead atoms. The Kier molecular flexibility index (Phi) is 11.2. The Morgan fingerprint density at radius 1 is 0.750 bits per heavy atom. The topological polar surface area (TPSA) is 125 Å². The maximum atomic E-state index is 13.7. The van der Waals surface area contributed by atoms with Crippen LogP contribution >= 0.6 is 27.7 Å². The molecule has 3 amide bonds. The molecule has 0 aliphatic carbocycles. The molecule has 5 rings (SSSR count). The van der Waals surface area contributed by atoms with Gasteiger partial charge >= 0.3 is 5.97 Å². The lowest BCUT2D eigenvalue weighted by molar-refractivity contribution is -0.116. The number of carbonyl (C=O) groups excluding carboxylic acids is 3. The van der Waals surface area contributed by atoms with Gasteiger partial charge in [-0.15, -0.1) is 11.8 Å². The van der Waals surface area contributed by atoms with E-state index in [4.69, 9.17) is 0 Å². The first-order chi connectivity index (χ1) is 23.2. The SMILES string of the molecule is Cc1ccc(C(=O)O)cc1NC(=O)C(Sc1cccc(NC(=O)/C(=C\c2ccc(Br)cc2)NC(=O)c2ccccc2)c1)c1ccccc1. The monoisotopic (exact) mass is 719 g/mol. The van der Waals surface area contributed by atoms with Gasteiger partial charge in [-0.25, -0.2) is 4.79 Å². The first-order valence-corrected chi connectivity index (χ1v) is 16.4. The average molecular weight is 721 g/mol. The van der Waals surface area contributed by atoms with Crippen LogP contribution < -0.4 is 16.0 Å². The molecule has 240 valence electrons. The summed E-state index contributed by atoms with van der Waals surface area (Å²) in [5, 5.41) is 17.3. The maximum absolute atomic E-state index is 13.7. The Morgan fingerprint density at radius 2 is 1.44 bits per heavy atom. The van der Waals surface area contributed by atoms with Crippen LogP contribution in [0.25, 0.3) is 6.08 Å². The molecule has 48 heavy (non-hydrogen) atoms. The number of carboxylic acid groups (broad SMARTS) is 1. The number of carboxylic acids is 1. The highest BCUT2D eigenvalue weighted by Gasteiger charge is 2.24. The van der Waals surface area contributed by atoms with Crippen molar-refractivity contribution in [3.8, 4) is 0 Å². The van der Waals surface area contributed by atoms with Gasteiger partial charge in [0.05, 0.1) is 5.56 Å². The summed E-state index contributed by atoms with van der Waals surface area (Å²) in [6, 6.07) is 36.8. The van der Waals surface area contributed by atoms with Gasteiger partial charge in [0.15, 0.2) is 0 Å². The molecule has 0 fully saturated rings. The molecule has 8 nitrogen and oxygen atoms in total. The van der Waals surface area contributed by atoms with Crippen LogP contribution in [-0.2, 0) is 9.59 Å². The number of halogens is 1. The van der Waals surface area contributed by atoms with Crippen LogP contribution in [0.15, 0.2) is 142 Å². The Morgan fingerprint density at radius 3 is 2.12 bits per heavy atom. The van der Waals surface area contributed by atoms with Gasteiger partial charge < -0.3 is 21.1 Å². The lowest BCUT2D eigenvalue weighted by Crippen LogP contribution is -2.30. The van der Waals surface area contributed by atoms with Crippen molar-refractivity contribution < 1.29 is 24.3 Å². The number of aromatic carboxylic acids is 1. The number of hydrogen-bond donors (Lipinski definition) is 4. The Bertz CT molecular complexity index is 1980. The van der Waals surface area contributed by atoms with Crippen molar-refractivity contribution in [1.29, 1.82) is 0 Å². The minimum absolute atomic E-state index is 0.0460. The summed E-state index contributed by atoms with van der Waals surface area (Å²) in [7, 11) is 0. The van der Waals surface area contributed by atoms with Gasteiger partial charge in [0.2, 0.25) is 5.91 Å². The molecule has 0 heterocycles. The van der Waals surface area contributed by atoms with E-state index < -0.39 is 23.0 Å². The number of aryl methyl sites for hydroxylation is 1. The number of amides is 3. The molecule has 5 aromatic rings. The van der Waals surface area contributed by atoms with Gasteiger partial charge in [-0.05, 0) is 84.3 Å². The van der Waals surface area contributed by atoms with Gasteiger partial charge in [-0.3, -0.25) is 14.4 Å². The number of carbonyl (C=O) groups is 4. The van der Waals surface area contributed by atoms with Crippen LogP contribution in [0.4, 0.5) is 11.4 Å². The van der Waals surface area contributed by atoms with E-state index in [1.165, 1.54) is 23.9 Å². The first-order valence-electron chi connectivity index (χ1n) is 14.8. The lowest BCUT2D eigenvalue weighted by atomic mass is 10.1. The zero-order valence-corrected chi connectivity index (χ0v) is 28.0. The highest BCUT2D eigenvalue weighted by Crippen LogP contribution is 2.37. The molecule has 10 heteroatoms. The van der Waals surface area contributed by atoms with Crippen molar-refractivity contribution in [2.75, 3.05) is 10.6 Å². The predicted molar refractivity (Wildman–Crippen MR) is 193 cm³/mol. The molecule has 1 atom stereocenters. The van der Waals surface area contributed by atoms with Gasteiger partial charge in [0.25, 0.3) is 11.8 Å². The lowest BCUT2D eigenvalue weighted by Gasteiger charge is -2.19. The van der Waals surface area contributed by atoms with Crippen molar-refractivity contribution in [3.05, 3.63) is 165 Å². The highest BCUT2D eigenvalue weighted by molar-refractivity contribution is 9.10. The van der Waals surface area contributed by atoms with E-state index in [2.05, 4.69) is 31.9 Å². The average Bonchev–Trinajstić information content (AvgIpc) is 3.09. The number of nitrogens with one attached hydrogen (secondary N) is 3. The van der Waals surface area contributed by atoms with Crippen LogP contribution in [0.3, 0.4) is 0 Å². The van der Waals surface area contributed by atoms with Gasteiger partial charge in [0, 0.05) is 26.3 Å². The Hall–Kier alpha value is -5.45. The minimum Gasteiger partial charge on any atom is -0.478 e. The fraction of sp³-hybridized carbons (Fsp3) is 0.0526. The second-order valence-corrected chi connectivity index (χ2v) is 12.7. The number of thioether (sulfide) groups is 1. The van der Waals surface area contributed by atoms with Crippen LogP contribution in [-0.4, -0.2) is 28.8 Å². The van der Waals surface area contributed by atoms with Crippen LogP contribution in [0.1, 0.15) is 42.7 Å². The van der Waals surface area contributed by atoms with Gasteiger partial charge in [-0.2, -0.15) is 0 Å². The fourth-order valence-electron chi connectivity index (χ4n) is 4.64. The third-order valence-electron chi connectivity index (χ3n) is 7.14. The van der Waals surface area contributed by atoms with Crippen molar-refractivity contribution in [2.45, 2.75) is 17.1 Å². The third-order valence-corrected chi connectivity index (χ3v) is 8.92. The summed E-state index contributed by atoms with van der Waals surface area (Å²) < 4.78 is 0.875. The molecular weight excluding hydrogens is 690 g/mol. The van der Waals surface area contributed by atoms with E-state index in [-0.39, 0.29) is 17.2 Å². The molecular formula is C38H30BrN3O5S. The maximum Gasteiger partial charge on any atom is 0.335 e. The minimum atomic E-state index is -1.09. The summed E-state index contributed by atoms with van der Waals surface area (Å²) in [5.41, 5.74) is 3.55. The van der Waals surface area contributed by atoms with Crippen LogP contribution in [0, 0.1) is 6.92 Å². The molecule has 0 spiro atoms. The summed E-state index contributed by atoms with van der Waals surface area (Å²) >= 11 is 4.69. The van der Waals surface area contributed by atoms with Crippen molar-refractivity contribution in [1.82, 2.24) is 5.32 Å². The Balaban J connectivity index is 1.38. The second-order valence-electron chi connectivity index (χ2n) is 10.6. The van der Waals surface area contributed by atoms with E-state index in [1.807, 2.05) is 60.7 Å². The van der Waals surface area contributed by atoms with Crippen molar-refractivity contribution in [2.24, 2.45) is 0 Å². The highest BCUT2D eigenvalue weighted by atomic mass is 79.9. The van der Waals surface area contributed by atoms with Gasteiger partial charge in [0.1, 0.15) is 10.9 Å². The zero-order valence-electron chi connectivity index (χ0n) is 25.6. The van der Waals surface area contributed by atoms with Gasteiger partial charge in [-0.1, -0.05) is 88.7 Å². The largest absolute Gasteiger partial charge is 0.478 e. The molecule has 4 N–H and O–H groups in total. The van der Waals surface area contributed by atoms with E-state index in [0.29, 0.717) is 27.4 Å². The molecule has 5 aromatic carbocycles. The normalized spacial score (nSPS) is 11.7. The van der Waals surface area contributed by atoms with Crippen molar-refractivity contribution in [3.63, 3.8) is 0 Å². The number of rotatable bonds is 11. The third kappa shape index (κ3) is 9.09. The summed E-state index contributed by atoms with van der Waals surface area (Å²) in [5.74, 6) is -2.39. The zero-order chi connectivity index (χ0) is 34.0. The van der Waals surface area contributed by atoms with Crippen LogP contribution in [0.5, 0.6) is 0 Å². The van der Waals surface area contributed by atoms with Crippen molar-refractivity contribution >= 4 is 68.8 Å².